The Morgan fingerprint density at radius 1 is 1.00 bits per heavy atom. The van der Waals surface area contributed by atoms with Gasteiger partial charge in [-0.2, -0.15) is 0 Å². The van der Waals surface area contributed by atoms with E-state index in [-0.39, 0.29) is 29.0 Å². The number of nitrogens with zero attached hydrogens (tertiary/aromatic N) is 1. The maximum Gasteiger partial charge on any atom is 0.342 e. The van der Waals surface area contributed by atoms with E-state index in [9.17, 15) is 9.59 Å². The van der Waals surface area contributed by atoms with Crippen LogP contribution in [0.15, 0.2) is 63.8 Å². The highest BCUT2D eigenvalue weighted by molar-refractivity contribution is 6.02. The van der Waals surface area contributed by atoms with Crippen molar-refractivity contribution in [1.82, 2.24) is 4.90 Å². The number of carbonyl (C=O) groups excluding carboxylic acids is 1. The minimum atomic E-state index is -0.462. The third-order valence-corrected chi connectivity index (χ3v) is 5.12. The zero-order valence-electron chi connectivity index (χ0n) is 16.1. The van der Waals surface area contributed by atoms with E-state index in [1.165, 1.54) is 25.3 Å². The van der Waals surface area contributed by atoms with E-state index in [1.54, 1.807) is 18.2 Å². The standard InChI is InChI=1S/C23H23NO4.ClH/c25-20-16-21(17-8-3-1-4-9-17)28-22-18(20)10-7-11-19(22)23(26)27-15-14-24-12-5-2-6-13-24;/h1,3-4,7-11,16H,2,5-6,12-15H2;1H. The molecule has 6 heteroatoms. The Morgan fingerprint density at radius 3 is 2.52 bits per heavy atom. The molecular weight excluding hydrogens is 390 g/mol. The second-order valence-corrected chi connectivity index (χ2v) is 7.06. The first-order valence-corrected chi connectivity index (χ1v) is 9.74. The average Bonchev–Trinajstić information content (AvgIpc) is 2.74. The Labute approximate surface area is 175 Å². The number of hydrogen-bond donors (Lipinski definition) is 0. The fraction of sp³-hybridized carbons (Fsp3) is 0.304. The van der Waals surface area contributed by atoms with Crippen LogP contribution in [0.5, 0.6) is 0 Å². The highest BCUT2D eigenvalue weighted by atomic mass is 35.5. The van der Waals surface area contributed by atoms with Crippen molar-refractivity contribution in [1.29, 1.82) is 0 Å². The molecule has 2 heterocycles. The third kappa shape index (κ3) is 4.86. The molecule has 1 fully saturated rings. The van der Waals surface area contributed by atoms with Gasteiger partial charge in [0.25, 0.3) is 0 Å². The Morgan fingerprint density at radius 2 is 1.76 bits per heavy atom. The van der Waals surface area contributed by atoms with Crippen molar-refractivity contribution in [3.8, 4) is 11.3 Å². The first-order chi connectivity index (χ1) is 13.7. The number of piperidine rings is 1. The highest BCUT2D eigenvalue weighted by Gasteiger charge is 2.17. The molecule has 1 aliphatic rings. The summed E-state index contributed by atoms with van der Waals surface area (Å²) in [7, 11) is 0. The van der Waals surface area contributed by atoms with Crippen LogP contribution in [0.2, 0.25) is 0 Å². The van der Waals surface area contributed by atoms with Crippen molar-refractivity contribution in [2.75, 3.05) is 26.2 Å². The molecule has 1 aliphatic heterocycles. The second-order valence-electron chi connectivity index (χ2n) is 7.06. The van der Waals surface area contributed by atoms with Gasteiger partial charge in [-0.05, 0) is 38.1 Å². The quantitative estimate of drug-likeness (QED) is 0.575. The van der Waals surface area contributed by atoms with Gasteiger partial charge in [0, 0.05) is 18.2 Å². The molecule has 0 N–H and O–H groups in total. The molecule has 0 aliphatic carbocycles. The van der Waals surface area contributed by atoms with Crippen LogP contribution in [-0.2, 0) is 4.74 Å². The van der Waals surface area contributed by atoms with Gasteiger partial charge in [0.05, 0.1) is 5.39 Å². The molecule has 0 atom stereocenters. The third-order valence-electron chi connectivity index (χ3n) is 5.12. The SMILES string of the molecule is Cl.O=C(OCCN1CCCCC1)c1cccc2c(=O)cc(-c3ccccc3)oc12. The Balaban J connectivity index is 0.00000240. The van der Waals surface area contributed by atoms with Gasteiger partial charge in [-0.15, -0.1) is 12.4 Å². The number of benzene rings is 2. The van der Waals surface area contributed by atoms with Crippen LogP contribution in [0.4, 0.5) is 0 Å². The molecule has 29 heavy (non-hydrogen) atoms. The predicted octanol–water partition coefficient (Wildman–Crippen LogP) is 4.52. The number of rotatable bonds is 5. The molecule has 0 amide bonds. The Hall–Kier alpha value is -2.63. The molecule has 5 nitrogen and oxygen atoms in total. The van der Waals surface area contributed by atoms with E-state index < -0.39 is 5.97 Å². The lowest BCUT2D eigenvalue weighted by molar-refractivity contribution is 0.0453. The van der Waals surface area contributed by atoms with Crippen LogP contribution >= 0.6 is 12.4 Å². The lowest BCUT2D eigenvalue weighted by Crippen LogP contribution is -2.33. The summed E-state index contributed by atoms with van der Waals surface area (Å²) in [6.45, 7) is 3.18. The molecule has 4 rings (SSSR count). The van der Waals surface area contributed by atoms with E-state index in [2.05, 4.69) is 4.90 Å². The van der Waals surface area contributed by atoms with Gasteiger partial charge in [0.2, 0.25) is 0 Å². The normalized spacial score (nSPS) is 14.3. The van der Waals surface area contributed by atoms with Crippen molar-refractivity contribution >= 4 is 29.3 Å². The summed E-state index contributed by atoms with van der Waals surface area (Å²) < 4.78 is 11.4. The number of fused-ring (bicyclic) bond motifs is 1. The van der Waals surface area contributed by atoms with Crippen LogP contribution in [0.1, 0.15) is 29.6 Å². The summed E-state index contributed by atoms with van der Waals surface area (Å²) >= 11 is 0. The molecule has 152 valence electrons. The van der Waals surface area contributed by atoms with Gasteiger partial charge < -0.3 is 9.15 Å². The summed E-state index contributed by atoms with van der Waals surface area (Å²) in [5, 5.41) is 0.380. The number of hydrogen-bond acceptors (Lipinski definition) is 5. The molecule has 3 aromatic rings. The van der Waals surface area contributed by atoms with Crippen LogP contribution in [0.3, 0.4) is 0 Å². The summed E-state index contributed by atoms with van der Waals surface area (Å²) in [5.74, 6) is -0.0253. The summed E-state index contributed by atoms with van der Waals surface area (Å²) in [5.41, 5.74) is 1.17. The highest BCUT2D eigenvalue weighted by Crippen LogP contribution is 2.24. The van der Waals surface area contributed by atoms with Gasteiger partial charge in [-0.25, -0.2) is 4.79 Å². The summed E-state index contributed by atoms with van der Waals surface area (Å²) in [6.07, 6.45) is 3.67. The Kier molecular flexibility index (Phi) is 7.07. The van der Waals surface area contributed by atoms with Crippen LogP contribution in [0.25, 0.3) is 22.3 Å². The molecule has 0 spiro atoms. The molecule has 0 unspecified atom stereocenters. The first-order valence-electron chi connectivity index (χ1n) is 9.74. The lowest BCUT2D eigenvalue weighted by Gasteiger charge is -2.25. The van der Waals surface area contributed by atoms with E-state index in [1.807, 2.05) is 30.3 Å². The maximum absolute atomic E-state index is 12.7. The number of carbonyl (C=O) groups is 1. The predicted molar refractivity (Wildman–Crippen MR) is 116 cm³/mol. The number of esters is 1. The largest absolute Gasteiger partial charge is 0.461 e. The molecule has 1 aromatic heterocycles. The average molecular weight is 414 g/mol. The molecule has 0 saturated carbocycles. The van der Waals surface area contributed by atoms with Crippen molar-refractivity contribution in [3.63, 3.8) is 0 Å². The molecule has 0 bridgehead atoms. The number of para-hydroxylation sites is 1. The fourth-order valence-electron chi connectivity index (χ4n) is 3.61. The maximum atomic E-state index is 12.7. The zero-order valence-corrected chi connectivity index (χ0v) is 17.0. The molecular formula is C23H24ClNO4. The zero-order chi connectivity index (χ0) is 19.3. The number of halogens is 1. The number of ether oxygens (including phenoxy) is 1. The minimum Gasteiger partial charge on any atom is -0.461 e. The lowest BCUT2D eigenvalue weighted by atomic mass is 10.1. The van der Waals surface area contributed by atoms with Gasteiger partial charge >= 0.3 is 5.97 Å². The first kappa shape index (κ1) is 21.1. The van der Waals surface area contributed by atoms with Crippen LogP contribution < -0.4 is 5.43 Å². The van der Waals surface area contributed by atoms with Crippen molar-refractivity contribution in [2.45, 2.75) is 19.3 Å². The molecule has 0 radical (unpaired) electrons. The van der Waals surface area contributed by atoms with Crippen molar-refractivity contribution in [3.05, 3.63) is 70.4 Å². The van der Waals surface area contributed by atoms with E-state index in [0.717, 1.165) is 25.2 Å². The smallest absolute Gasteiger partial charge is 0.342 e. The van der Waals surface area contributed by atoms with E-state index in [0.29, 0.717) is 17.8 Å². The second kappa shape index (κ2) is 9.72. The molecule has 1 saturated heterocycles. The van der Waals surface area contributed by atoms with Crippen molar-refractivity contribution < 1.29 is 13.9 Å². The Bertz CT molecular complexity index is 1030. The van der Waals surface area contributed by atoms with Crippen LogP contribution in [0, 0.1) is 0 Å². The van der Waals surface area contributed by atoms with Gasteiger partial charge in [-0.1, -0.05) is 42.8 Å². The van der Waals surface area contributed by atoms with Crippen LogP contribution in [-0.4, -0.2) is 37.1 Å². The van der Waals surface area contributed by atoms with Gasteiger partial charge in [0.1, 0.15) is 17.9 Å². The fourth-order valence-corrected chi connectivity index (χ4v) is 3.61. The van der Waals surface area contributed by atoms with E-state index >= 15 is 0 Å². The molecule has 2 aromatic carbocycles. The van der Waals surface area contributed by atoms with E-state index in [4.69, 9.17) is 9.15 Å². The van der Waals surface area contributed by atoms with Gasteiger partial charge in [0.15, 0.2) is 11.0 Å². The topological polar surface area (TPSA) is 59.8 Å². The monoisotopic (exact) mass is 413 g/mol. The van der Waals surface area contributed by atoms with Crippen molar-refractivity contribution in [2.24, 2.45) is 0 Å². The summed E-state index contributed by atoms with van der Waals surface area (Å²) in [6, 6.07) is 15.8. The summed E-state index contributed by atoms with van der Waals surface area (Å²) in [4.78, 5) is 27.5. The minimum absolute atomic E-state index is 0. The van der Waals surface area contributed by atoms with Gasteiger partial charge in [-0.3, -0.25) is 9.69 Å². The number of likely N-dealkylation sites (tertiary alicyclic amines) is 1.